The minimum atomic E-state index is -1.16. The van der Waals surface area contributed by atoms with Crippen molar-refractivity contribution in [2.75, 3.05) is 14.2 Å². The zero-order chi connectivity index (χ0) is 19.4. The van der Waals surface area contributed by atoms with Gasteiger partial charge >= 0.3 is 11.9 Å². The molecule has 2 aromatic rings. The van der Waals surface area contributed by atoms with Crippen LogP contribution >= 0.6 is 0 Å². The Balaban J connectivity index is 1.92. The van der Waals surface area contributed by atoms with E-state index in [-0.39, 0.29) is 0 Å². The van der Waals surface area contributed by atoms with Crippen LogP contribution in [0.15, 0.2) is 54.6 Å². The number of carbonyl (C=O) groups is 2. The smallest absolute Gasteiger partial charge is 0.353 e. The molecule has 0 N–H and O–H groups in total. The highest BCUT2D eigenvalue weighted by molar-refractivity contribution is 5.80. The fourth-order valence-electron chi connectivity index (χ4n) is 3.37. The predicted octanol–water partition coefficient (Wildman–Crippen LogP) is 3.12. The Morgan fingerprint density at radius 2 is 1.63 bits per heavy atom. The minimum Gasteiger partial charge on any atom is -0.449 e. The number of esters is 2. The van der Waals surface area contributed by atoms with Crippen molar-refractivity contribution in [2.45, 2.75) is 31.3 Å². The monoisotopic (exact) mass is 370 g/mol. The van der Waals surface area contributed by atoms with Crippen molar-refractivity contribution in [3.8, 4) is 0 Å². The van der Waals surface area contributed by atoms with Crippen LogP contribution in [0.2, 0.25) is 0 Å². The first-order valence-corrected chi connectivity index (χ1v) is 8.61. The molecular weight excluding hydrogens is 348 g/mol. The van der Waals surface area contributed by atoms with E-state index in [2.05, 4.69) is 0 Å². The maximum absolute atomic E-state index is 13.0. The van der Waals surface area contributed by atoms with E-state index in [0.29, 0.717) is 12.0 Å². The Morgan fingerprint density at radius 1 is 1.00 bits per heavy atom. The molecule has 0 heterocycles. The Morgan fingerprint density at radius 3 is 2.26 bits per heavy atom. The number of fused-ring (bicyclic) bond motifs is 1. The molecule has 3 rings (SSSR count). The van der Waals surface area contributed by atoms with Crippen LogP contribution in [0.25, 0.3) is 0 Å². The van der Waals surface area contributed by atoms with Gasteiger partial charge in [0.1, 0.15) is 0 Å². The summed E-state index contributed by atoms with van der Waals surface area (Å²) in [4.78, 5) is 24.5. The Labute approximate surface area is 158 Å². The topological polar surface area (TPSA) is 71.1 Å². The molecule has 2 atom stereocenters. The third-order valence-electron chi connectivity index (χ3n) is 4.70. The van der Waals surface area contributed by atoms with Gasteiger partial charge in [-0.15, -0.1) is 0 Å². The molecule has 0 aromatic heterocycles. The van der Waals surface area contributed by atoms with Crippen LogP contribution in [0, 0.1) is 0 Å². The highest BCUT2D eigenvalue weighted by Gasteiger charge is 2.50. The van der Waals surface area contributed by atoms with Crippen molar-refractivity contribution in [1.29, 1.82) is 0 Å². The Kier molecular flexibility index (Phi) is 5.58. The molecular formula is C21H22O6. The zero-order valence-corrected chi connectivity index (χ0v) is 15.5. The van der Waals surface area contributed by atoms with Crippen LogP contribution in [0.5, 0.6) is 0 Å². The molecule has 1 aliphatic carbocycles. The summed E-state index contributed by atoms with van der Waals surface area (Å²) in [6.45, 7) is 1.25. The predicted molar refractivity (Wildman–Crippen MR) is 96.7 cm³/mol. The van der Waals surface area contributed by atoms with Gasteiger partial charge in [-0.05, 0) is 5.56 Å². The first-order chi connectivity index (χ1) is 13.0. The van der Waals surface area contributed by atoms with Crippen molar-refractivity contribution in [1.82, 2.24) is 0 Å². The maximum atomic E-state index is 13.0. The Bertz CT molecular complexity index is 812. The number of rotatable bonds is 6. The van der Waals surface area contributed by atoms with Gasteiger partial charge in [0.05, 0.1) is 0 Å². The van der Waals surface area contributed by atoms with Crippen molar-refractivity contribution >= 4 is 11.9 Å². The molecule has 0 saturated heterocycles. The Hall–Kier alpha value is -2.70. The second-order valence-electron chi connectivity index (χ2n) is 6.31. The van der Waals surface area contributed by atoms with E-state index in [1.807, 2.05) is 30.3 Å². The quantitative estimate of drug-likeness (QED) is 0.575. The first kappa shape index (κ1) is 19.1. The summed E-state index contributed by atoms with van der Waals surface area (Å²) in [5.74, 6) is -2.38. The van der Waals surface area contributed by atoms with E-state index in [0.717, 1.165) is 11.1 Å². The van der Waals surface area contributed by atoms with Gasteiger partial charge in [-0.2, -0.15) is 0 Å². The second-order valence-corrected chi connectivity index (χ2v) is 6.31. The van der Waals surface area contributed by atoms with E-state index in [4.69, 9.17) is 18.9 Å². The van der Waals surface area contributed by atoms with Crippen LogP contribution in [-0.2, 0) is 35.0 Å². The van der Waals surface area contributed by atoms with Crippen LogP contribution in [0.1, 0.15) is 35.8 Å². The number of benzene rings is 2. The number of hydrogen-bond donors (Lipinski definition) is 0. The van der Waals surface area contributed by atoms with Gasteiger partial charge in [0, 0.05) is 38.7 Å². The molecule has 6 heteroatoms. The van der Waals surface area contributed by atoms with Gasteiger partial charge in [-0.1, -0.05) is 54.6 Å². The molecule has 0 saturated carbocycles. The lowest BCUT2D eigenvalue weighted by molar-refractivity contribution is -0.262. The summed E-state index contributed by atoms with van der Waals surface area (Å²) in [5.41, 5.74) is 2.32. The molecule has 0 fully saturated rings. The second kappa shape index (κ2) is 7.90. The van der Waals surface area contributed by atoms with Crippen molar-refractivity contribution in [2.24, 2.45) is 0 Å². The third kappa shape index (κ3) is 3.72. The third-order valence-corrected chi connectivity index (χ3v) is 4.70. The van der Waals surface area contributed by atoms with E-state index < -0.39 is 29.9 Å². The molecule has 0 radical (unpaired) electrons. The fraction of sp³-hybridized carbons (Fsp3) is 0.333. The molecule has 2 aromatic carbocycles. The average molecular weight is 370 g/mol. The van der Waals surface area contributed by atoms with E-state index in [1.165, 1.54) is 21.1 Å². The molecule has 6 nitrogen and oxygen atoms in total. The van der Waals surface area contributed by atoms with E-state index in [1.54, 1.807) is 24.3 Å². The number of methoxy groups -OCH3 is 2. The van der Waals surface area contributed by atoms with Crippen LogP contribution in [0.4, 0.5) is 0 Å². The number of carbonyl (C=O) groups excluding carboxylic acids is 2. The molecule has 0 spiro atoms. The van der Waals surface area contributed by atoms with Crippen molar-refractivity contribution in [3.05, 3.63) is 71.3 Å². The van der Waals surface area contributed by atoms with E-state index in [9.17, 15) is 9.59 Å². The largest absolute Gasteiger partial charge is 0.449 e. The summed E-state index contributed by atoms with van der Waals surface area (Å²) in [5, 5.41) is 0. The van der Waals surface area contributed by atoms with Crippen LogP contribution < -0.4 is 0 Å². The van der Waals surface area contributed by atoms with Gasteiger partial charge in [-0.3, -0.25) is 4.79 Å². The summed E-state index contributed by atoms with van der Waals surface area (Å²) in [6, 6.07) is 16.3. The number of ether oxygens (including phenoxy) is 4. The van der Waals surface area contributed by atoms with Crippen LogP contribution in [0.3, 0.4) is 0 Å². The summed E-state index contributed by atoms with van der Waals surface area (Å²) in [7, 11) is 3.02. The molecule has 0 unspecified atom stereocenters. The molecule has 27 heavy (non-hydrogen) atoms. The zero-order valence-electron chi connectivity index (χ0n) is 15.5. The lowest BCUT2D eigenvalue weighted by Crippen LogP contribution is -2.41. The normalized spacial score (nSPS) is 18.4. The minimum absolute atomic E-state index is 0.442. The van der Waals surface area contributed by atoms with Gasteiger partial charge in [-0.25, -0.2) is 4.79 Å². The fourth-order valence-corrected chi connectivity index (χ4v) is 3.37. The molecule has 0 bridgehead atoms. The maximum Gasteiger partial charge on any atom is 0.353 e. The average Bonchev–Trinajstić information content (AvgIpc) is 3.00. The van der Waals surface area contributed by atoms with Gasteiger partial charge < -0.3 is 18.9 Å². The molecule has 1 aliphatic rings. The summed E-state index contributed by atoms with van der Waals surface area (Å²) < 4.78 is 22.2. The molecule has 0 aliphatic heterocycles. The van der Waals surface area contributed by atoms with Crippen molar-refractivity contribution in [3.63, 3.8) is 0 Å². The lowest BCUT2D eigenvalue weighted by Gasteiger charge is -2.33. The van der Waals surface area contributed by atoms with Crippen molar-refractivity contribution < 1.29 is 28.5 Å². The number of hydrogen-bond acceptors (Lipinski definition) is 6. The molecule has 0 amide bonds. The van der Waals surface area contributed by atoms with Crippen LogP contribution in [-0.4, -0.2) is 31.9 Å². The van der Waals surface area contributed by atoms with E-state index >= 15 is 0 Å². The highest BCUT2D eigenvalue weighted by atomic mass is 16.7. The van der Waals surface area contributed by atoms with Gasteiger partial charge in [0.15, 0.2) is 6.10 Å². The summed E-state index contributed by atoms with van der Waals surface area (Å²) >= 11 is 0. The molecule has 142 valence electrons. The highest BCUT2D eigenvalue weighted by Crippen LogP contribution is 2.45. The standard InChI is InChI=1S/C21H22O6/c1-14(22)26-18(15-9-5-4-6-10-15)20(23)27-19-17-12-8-7-11-16(17)13-21(19,24-2)25-3/h4-12,18-19H,13H2,1-3H3/t18-,19-/m0/s1. The lowest BCUT2D eigenvalue weighted by atomic mass is 10.1. The van der Waals surface area contributed by atoms with Gasteiger partial charge in [0.2, 0.25) is 11.9 Å². The first-order valence-electron chi connectivity index (χ1n) is 8.61. The SMILES string of the molecule is COC1(OC)Cc2ccccc2[C@@H]1OC(=O)[C@@H](OC(C)=O)c1ccccc1. The van der Waals surface area contributed by atoms with Gasteiger partial charge in [0.25, 0.3) is 0 Å². The summed E-state index contributed by atoms with van der Waals surface area (Å²) in [6.07, 6.45) is -1.50.